The first-order valence-electron chi connectivity index (χ1n) is 9.50. The summed E-state index contributed by atoms with van der Waals surface area (Å²) in [4.78, 5) is 26.6. The molecule has 144 valence electrons. The minimum absolute atomic E-state index is 0.0659. The highest BCUT2D eigenvalue weighted by atomic mass is 16.2. The number of carbonyl (C=O) groups excluding carboxylic acids is 2. The third kappa shape index (κ3) is 3.05. The Hall–Kier alpha value is -3.12. The Kier molecular flexibility index (Phi) is 4.65. The van der Waals surface area contributed by atoms with Crippen LogP contribution in [0.4, 0.5) is 11.4 Å². The molecule has 1 heterocycles. The number of aromatic nitrogens is 1. The third-order valence-electron chi connectivity index (χ3n) is 5.55. The second kappa shape index (κ2) is 7.13. The quantitative estimate of drug-likeness (QED) is 0.492. The van der Waals surface area contributed by atoms with Gasteiger partial charge < -0.3 is 21.4 Å². The van der Waals surface area contributed by atoms with E-state index in [1.54, 1.807) is 0 Å². The molecule has 1 fully saturated rings. The van der Waals surface area contributed by atoms with Crippen molar-refractivity contribution in [2.24, 2.45) is 11.7 Å². The van der Waals surface area contributed by atoms with Crippen molar-refractivity contribution in [2.75, 3.05) is 10.6 Å². The van der Waals surface area contributed by atoms with Crippen LogP contribution < -0.4 is 16.4 Å². The lowest BCUT2D eigenvalue weighted by atomic mass is 9.93. The number of fused-ring (bicyclic) bond motifs is 1. The zero-order valence-electron chi connectivity index (χ0n) is 16.1. The third-order valence-corrected chi connectivity index (χ3v) is 5.55. The van der Waals surface area contributed by atoms with Crippen LogP contribution in [0.1, 0.15) is 29.7 Å². The molecule has 3 aromatic rings. The summed E-state index contributed by atoms with van der Waals surface area (Å²) in [5.41, 5.74) is 13.6. The van der Waals surface area contributed by atoms with E-state index in [1.165, 1.54) is 0 Å². The first-order chi connectivity index (χ1) is 13.5. The number of anilines is 2. The molecule has 2 aromatic carbocycles. The standard InChI is InChI=1S/C22H24N4O2/c1-12-13(2)25-21-19(24-11-27)9-8-16(20(12)21)15-4-3-5-18(17(15)10-23)26-22(28)14-6-7-14/h3-5,8-9,11,14,25H,6-7,10,23H2,1-2H3,(H,24,27)(H,26,28). The lowest BCUT2D eigenvalue weighted by molar-refractivity contribution is -0.117. The number of nitrogens with one attached hydrogen (secondary N) is 3. The predicted molar refractivity (Wildman–Crippen MR) is 112 cm³/mol. The van der Waals surface area contributed by atoms with Gasteiger partial charge in [0, 0.05) is 29.2 Å². The van der Waals surface area contributed by atoms with Gasteiger partial charge in [0.25, 0.3) is 0 Å². The van der Waals surface area contributed by atoms with Gasteiger partial charge in [0.2, 0.25) is 12.3 Å². The molecule has 0 bridgehead atoms. The van der Waals surface area contributed by atoms with Gasteiger partial charge in [0.15, 0.2) is 0 Å². The van der Waals surface area contributed by atoms with Gasteiger partial charge in [-0.05, 0) is 61.1 Å². The number of aryl methyl sites for hydroxylation is 2. The highest BCUT2D eigenvalue weighted by Crippen LogP contribution is 2.39. The average Bonchev–Trinajstić information content (AvgIpc) is 3.49. The molecule has 0 atom stereocenters. The zero-order valence-corrected chi connectivity index (χ0v) is 16.1. The van der Waals surface area contributed by atoms with Gasteiger partial charge in [-0.3, -0.25) is 9.59 Å². The van der Waals surface area contributed by atoms with Crippen molar-refractivity contribution < 1.29 is 9.59 Å². The largest absolute Gasteiger partial charge is 0.357 e. The number of benzene rings is 2. The van der Waals surface area contributed by atoms with Crippen LogP contribution in [0.25, 0.3) is 22.0 Å². The Labute approximate surface area is 163 Å². The lowest BCUT2D eigenvalue weighted by Crippen LogP contribution is -2.16. The summed E-state index contributed by atoms with van der Waals surface area (Å²) in [5.74, 6) is 0.195. The van der Waals surface area contributed by atoms with E-state index in [1.807, 2.05) is 37.3 Å². The minimum atomic E-state index is 0.0659. The summed E-state index contributed by atoms with van der Waals surface area (Å²) < 4.78 is 0. The van der Waals surface area contributed by atoms with E-state index in [-0.39, 0.29) is 11.8 Å². The average molecular weight is 376 g/mol. The van der Waals surface area contributed by atoms with Crippen molar-refractivity contribution in [1.82, 2.24) is 4.98 Å². The number of H-pyrrole nitrogens is 1. The number of aromatic amines is 1. The molecule has 5 N–H and O–H groups in total. The first kappa shape index (κ1) is 18.3. The first-order valence-corrected chi connectivity index (χ1v) is 9.50. The Morgan fingerprint density at radius 1 is 1.18 bits per heavy atom. The Morgan fingerprint density at radius 2 is 1.96 bits per heavy atom. The fourth-order valence-corrected chi connectivity index (χ4v) is 3.76. The Morgan fingerprint density at radius 3 is 2.64 bits per heavy atom. The molecule has 0 saturated heterocycles. The predicted octanol–water partition coefficient (Wildman–Crippen LogP) is 3.83. The van der Waals surface area contributed by atoms with E-state index < -0.39 is 0 Å². The number of nitrogens with two attached hydrogens (primary N) is 1. The molecule has 2 amide bonds. The van der Waals surface area contributed by atoms with Crippen molar-refractivity contribution in [3.05, 3.63) is 47.2 Å². The van der Waals surface area contributed by atoms with Crippen LogP contribution in [0.2, 0.25) is 0 Å². The topological polar surface area (TPSA) is 100 Å². The summed E-state index contributed by atoms with van der Waals surface area (Å²) in [6.07, 6.45) is 2.59. The van der Waals surface area contributed by atoms with E-state index in [2.05, 4.69) is 22.5 Å². The van der Waals surface area contributed by atoms with Crippen molar-refractivity contribution in [2.45, 2.75) is 33.2 Å². The zero-order chi connectivity index (χ0) is 19.8. The fraction of sp³-hybridized carbons (Fsp3) is 0.273. The van der Waals surface area contributed by atoms with Gasteiger partial charge in [-0.25, -0.2) is 0 Å². The minimum Gasteiger partial charge on any atom is -0.357 e. The molecule has 1 aromatic heterocycles. The van der Waals surface area contributed by atoms with Gasteiger partial charge in [0.05, 0.1) is 11.2 Å². The van der Waals surface area contributed by atoms with Crippen molar-refractivity contribution in [1.29, 1.82) is 0 Å². The molecule has 0 aliphatic heterocycles. The van der Waals surface area contributed by atoms with Gasteiger partial charge in [-0.2, -0.15) is 0 Å². The molecule has 28 heavy (non-hydrogen) atoms. The van der Waals surface area contributed by atoms with Crippen LogP contribution in [-0.4, -0.2) is 17.3 Å². The smallest absolute Gasteiger partial charge is 0.227 e. The number of hydrogen-bond acceptors (Lipinski definition) is 3. The van der Waals surface area contributed by atoms with Crippen LogP contribution >= 0.6 is 0 Å². The molecule has 0 radical (unpaired) electrons. The molecule has 0 unspecified atom stereocenters. The van der Waals surface area contributed by atoms with E-state index in [0.717, 1.165) is 63.1 Å². The lowest BCUT2D eigenvalue weighted by Gasteiger charge is -2.16. The molecule has 1 aliphatic carbocycles. The Balaban J connectivity index is 1.89. The molecular weight excluding hydrogens is 352 g/mol. The summed E-state index contributed by atoms with van der Waals surface area (Å²) in [6.45, 7) is 4.39. The highest BCUT2D eigenvalue weighted by Gasteiger charge is 2.30. The molecule has 4 rings (SSSR count). The van der Waals surface area contributed by atoms with Crippen molar-refractivity contribution in [3.8, 4) is 11.1 Å². The van der Waals surface area contributed by atoms with Gasteiger partial charge in [-0.15, -0.1) is 0 Å². The summed E-state index contributed by atoms with van der Waals surface area (Å²) in [6, 6.07) is 9.75. The number of carbonyl (C=O) groups is 2. The number of amides is 2. The van der Waals surface area contributed by atoms with Crippen LogP contribution in [0.15, 0.2) is 30.3 Å². The summed E-state index contributed by atoms with van der Waals surface area (Å²) in [5, 5.41) is 6.86. The van der Waals surface area contributed by atoms with Crippen LogP contribution in [0, 0.1) is 19.8 Å². The van der Waals surface area contributed by atoms with E-state index >= 15 is 0 Å². The normalized spacial score (nSPS) is 13.5. The maximum absolute atomic E-state index is 12.3. The molecule has 0 spiro atoms. The second-order valence-electron chi connectivity index (χ2n) is 7.35. The van der Waals surface area contributed by atoms with Gasteiger partial charge in [-0.1, -0.05) is 18.2 Å². The van der Waals surface area contributed by atoms with Crippen LogP contribution in [0.5, 0.6) is 0 Å². The van der Waals surface area contributed by atoms with Gasteiger partial charge in [0.1, 0.15) is 0 Å². The van der Waals surface area contributed by atoms with E-state index in [0.29, 0.717) is 13.0 Å². The van der Waals surface area contributed by atoms with Gasteiger partial charge >= 0.3 is 0 Å². The molecule has 1 saturated carbocycles. The summed E-state index contributed by atoms with van der Waals surface area (Å²) in [7, 11) is 0. The molecule has 6 nitrogen and oxygen atoms in total. The van der Waals surface area contributed by atoms with Crippen LogP contribution in [0.3, 0.4) is 0 Å². The maximum Gasteiger partial charge on any atom is 0.227 e. The monoisotopic (exact) mass is 376 g/mol. The van der Waals surface area contributed by atoms with E-state index in [4.69, 9.17) is 5.73 Å². The number of rotatable bonds is 6. The molecular formula is C22H24N4O2. The maximum atomic E-state index is 12.3. The highest BCUT2D eigenvalue weighted by molar-refractivity contribution is 6.07. The van der Waals surface area contributed by atoms with Crippen molar-refractivity contribution >= 4 is 34.6 Å². The Bertz CT molecular complexity index is 1080. The fourth-order valence-electron chi connectivity index (χ4n) is 3.76. The number of hydrogen-bond donors (Lipinski definition) is 4. The molecule has 6 heteroatoms. The summed E-state index contributed by atoms with van der Waals surface area (Å²) >= 11 is 0. The molecule has 1 aliphatic rings. The SMILES string of the molecule is Cc1[nH]c2c(NC=O)ccc(-c3cccc(NC(=O)C4CC4)c3CN)c2c1C. The van der Waals surface area contributed by atoms with E-state index in [9.17, 15) is 9.59 Å². The van der Waals surface area contributed by atoms with Crippen molar-refractivity contribution in [3.63, 3.8) is 0 Å². The van der Waals surface area contributed by atoms with Crippen LogP contribution in [-0.2, 0) is 16.1 Å². The second-order valence-corrected chi connectivity index (χ2v) is 7.35.